The van der Waals surface area contributed by atoms with Crippen molar-refractivity contribution >= 4 is 11.9 Å². The normalized spacial score (nSPS) is 22.7. The summed E-state index contributed by atoms with van der Waals surface area (Å²) in [7, 11) is 0. The molecule has 0 fully saturated rings. The third kappa shape index (κ3) is 6.27. The van der Waals surface area contributed by atoms with E-state index in [0.717, 1.165) is 19.3 Å². The molecular formula is C21H34O5. The summed E-state index contributed by atoms with van der Waals surface area (Å²) in [6.45, 7) is 3.54. The lowest BCUT2D eigenvalue weighted by Gasteiger charge is -2.36. The fourth-order valence-electron chi connectivity index (χ4n) is 3.72. The molecular weight excluding hydrogens is 332 g/mol. The predicted molar refractivity (Wildman–Crippen MR) is 102 cm³/mol. The lowest BCUT2D eigenvalue weighted by Crippen LogP contribution is -2.39. The van der Waals surface area contributed by atoms with Crippen molar-refractivity contribution < 1.29 is 24.9 Å². The van der Waals surface area contributed by atoms with Gasteiger partial charge in [-0.3, -0.25) is 4.79 Å². The van der Waals surface area contributed by atoms with E-state index >= 15 is 0 Å². The van der Waals surface area contributed by atoms with E-state index in [-0.39, 0.29) is 12.2 Å². The first kappa shape index (κ1) is 22.4. The number of hydrogen-bond donors (Lipinski definition) is 3. The van der Waals surface area contributed by atoms with Gasteiger partial charge in [0.1, 0.15) is 0 Å². The van der Waals surface area contributed by atoms with Crippen LogP contribution in [0.15, 0.2) is 23.3 Å². The van der Waals surface area contributed by atoms with Crippen molar-refractivity contribution in [2.75, 3.05) is 6.61 Å². The average Bonchev–Trinajstić information content (AvgIpc) is 2.59. The first-order chi connectivity index (χ1) is 12.4. The van der Waals surface area contributed by atoms with Crippen LogP contribution in [-0.2, 0) is 9.59 Å². The quantitative estimate of drug-likeness (QED) is 0.415. The summed E-state index contributed by atoms with van der Waals surface area (Å²) >= 11 is 0. The van der Waals surface area contributed by atoms with Gasteiger partial charge in [-0.25, -0.2) is 4.79 Å². The Labute approximate surface area is 156 Å². The topological polar surface area (TPSA) is 94.8 Å². The van der Waals surface area contributed by atoms with Gasteiger partial charge in [0.05, 0.1) is 18.1 Å². The van der Waals surface area contributed by atoms with Crippen molar-refractivity contribution in [2.24, 2.45) is 11.3 Å². The Balaban J connectivity index is 2.63. The van der Waals surface area contributed by atoms with E-state index in [1.54, 1.807) is 6.92 Å². The fraction of sp³-hybridized carbons (Fsp3) is 0.714. The van der Waals surface area contributed by atoms with Gasteiger partial charge in [0.25, 0.3) is 0 Å². The SMILES string of the molecule is CCCCCCCCCCCC1=C(C(=O)O)C=CC(C)(CO)C1C(=O)O. The van der Waals surface area contributed by atoms with Crippen LogP contribution in [0.25, 0.3) is 0 Å². The largest absolute Gasteiger partial charge is 0.481 e. The molecule has 0 aromatic rings. The molecule has 0 bridgehead atoms. The number of aliphatic carboxylic acids is 2. The highest BCUT2D eigenvalue weighted by Gasteiger charge is 2.43. The van der Waals surface area contributed by atoms with Crippen molar-refractivity contribution in [3.8, 4) is 0 Å². The second-order valence-electron chi connectivity index (χ2n) is 7.59. The van der Waals surface area contributed by atoms with Gasteiger partial charge in [0, 0.05) is 5.41 Å². The number of hydrogen-bond acceptors (Lipinski definition) is 3. The van der Waals surface area contributed by atoms with Gasteiger partial charge < -0.3 is 15.3 Å². The molecule has 0 saturated carbocycles. The maximum absolute atomic E-state index is 11.8. The number of carboxylic acid groups (broad SMARTS) is 2. The molecule has 0 radical (unpaired) electrons. The predicted octanol–water partition coefficient (Wildman–Crippen LogP) is 4.56. The highest BCUT2D eigenvalue weighted by Crippen LogP contribution is 2.42. The second kappa shape index (κ2) is 11.2. The number of rotatable bonds is 13. The molecule has 1 rings (SSSR count). The van der Waals surface area contributed by atoms with Crippen molar-refractivity contribution in [1.82, 2.24) is 0 Å². The van der Waals surface area contributed by atoms with Crippen molar-refractivity contribution in [2.45, 2.75) is 78.1 Å². The van der Waals surface area contributed by atoms with Gasteiger partial charge in [-0.1, -0.05) is 77.4 Å². The summed E-state index contributed by atoms with van der Waals surface area (Å²) in [6.07, 6.45) is 13.8. The summed E-state index contributed by atoms with van der Waals surface area (Å²) < 4.78 is 0. The van der Waals surface area contributed by atoms with E-state index in [1.165, 1.54) is 50.7 Å². The van der Waals surface area contributed by atoms with Crippen molar-refractivity contribution in [3.63, 3.8) is 0 Å². The monoisotopic (exact) mass is 366 g/mol. The molecule has 0 spiro atoms. The minimum absolute atomic E-state index is 0.0721. The highest BCUT2D eigenvalue weighted by atomic mass is 16.4. The zero-order chi connectivity index (χ0) is 19.6. The van der Waals surface area contributed by atoms with Gasteiger partial charge >= 0.3 is 11.9 Å². The van der Waals surface area contributed by atoms with Crippen LogP contribution in [0.3, 0.4) is 0 Å². The van der Waals surface area contributed by atoms with Gasteiger partial charge in [0.15, 0.2) is 0 Å². The number of aliphatic hydroxyl groups is 1. The molecule has 0 amide bonds. The third-order valence-corrected chi connectivity index (χ3v) is 5.35. The second-order valence-corrected chi connectivity index (χ2v) is 7.59. The lowest BCUT2D eigenvalue weighted by atomic mass is 9.68. The van der Waals surface area contributed by atoms with Gasteiger partial charge in [-0.05, 0) is 18.4 Å². The van der Waals surface area contributed by atoms with Crippen molar-refractivity contribution in [3.05, 3.63) is 23.3 Å². The smallest absolute Gasteiger partial charge is 0.335 e. The zero-order valence-corrected chi connectivity index (χ0v) is 16.2. The molecule has 1 aliphatic carbocycles. The zero-order valence-electron chi connectivity index (χ0n) is 16.2. The molecule has 0 aliphatic heterocycles. The van der Waals surface area contributed by atoms with Gasteiger partial charge in [-0.15, -0.1) is 0 Å². The summed E-state index contributed by atoms with van der Waals surface area (Å²) in [4.78, 5) is 23.3. The van der Waals surface area contributed by atoms with E-state index in [4.69, 9.17) is 0 Å². The Morgan fingerprint density at radius 1 is 1.00 bits per heavy atom. The minimum atomic E-state index is -1.10. The van der Waals surface area contributed by atoms with E-state index in [0.29, 0.717) is 12.0 Å². The van der Waals surface area contributed by atoms with Crippen molar-refractivity contribution in [1.29, 1.82) is 0 Å². The van der Waals surface area contributed by atoms with Crippen LogP contribution < -0.4 is 0 Å². The fourth-order valence-corrected chi connectivity index (χ4v) is 3.72. The summed E-state index contributed by atoms with van der Waals surface area (Å²) in [6, 6.07) is 0. The number of carbonyl (C=O) groups is 2. The van der Waals surface area contributed by atoms with Gasteiger partial charge in [0.2, 0.25) is 0 Å². The van der Waals surface area contributed by atoms with E-state index in [9.17, 15) is 24.9 Å². The summed E-state index contributed by atoms with van der Waals surface area (Å²) in [5.74, 6) is -3.16. The van der Waals surface area contributed by atoms with E-state index in [2.05, 4.69) is 6.92 Å². The summed E-state index contributed by atoms with van der Waals surface area (Å²) in [5, 5.41) is 28.7. The Bertz CT molecular complexity index is 535. The van der Waals surface area contributed by atoms with E-state index < -0.39 is 23.3 Å². The standard InChI is InChI=1S/C21H34O5/c1-3-4-5-6-7-8-9-10-11-12-16-17(19(23)24)13-14-21(2,15-22)18(16)20(25)26/h13-14,18,22H,3-12,15H2,1-2H3,(H,23,24)(H,25,26). The third-order valence-electron chi connectivity index (χ3n) is 5.35. The van der Waals surface area contributed by atoms with Gasteiger partial charge in [-0.2, -0.15) is 0 Å². The lowest BCUT2D eigenvalue weighted by molar-refractivity contribution is -0.144. The molecule has 5 nitrogen and oxygen atoms in total. The maximum atomic E-state index is 11.8. The molecule has 5 heteroatoms. The molecule has 0 aromatic heterocycles. The maximum Gasteiger partial charge on any atom is 0.335 e. The molecule has 1 aliphatic rings. The van der Waals surface area contributed by atoms with E-state index in [1.807, 2.05) is 0 Å². The molecule has 0 aromatic carbocycles. The van der Waals surface area contributed by atoms with Crippen LogP contribution >= 0.6 is 0 Å². The Hall–Kier alpha value is -1.62. The molecule has 2 unspecified atom stereocenters. The van der Waals surface area contributed by atoms with Crippen LogP contribution in [0.1, 0.15) is 78.1 Å². The molecule has 148 valence electrons. The molecule has 26 heavy (non-hydrogen) atoms. The van der Waals surface area contributed by atoms with Crippen LogP contribution in [0, 0.1) is 11.3 Å². The minimum Gasteiger partial charge on any atom is -0.481 e. The first-order valence-corrected chi connectivity index (χ1v) is 9.86. The Morgan fingerprint density at radius 2 is 1.54 bits per heavy atom. The molecule has 3 N–H and O–H groups in total. The molecule has 0 saturated heterocycles. The average molecular weight is 366 g/mol. The number of aliphatic hydroxyl groups excluding tert-OH is 1. The van der Waals surface area contributed by atoms with Crippen LogP contribution in [0.5, 0.6) is 0 Å². The number of unbranched alkanes of at least 4 members (excludes halogenated alkanes) is 8. The number of carboxylic acids is 2. The van der Waals surface area contributed by atoms with Crippen LogP contribution in [0.4, 0.5) is 0 Å². The molecule has 2 atom stereocenters. The summed E-state index contributed by atoms with van der Waals surface area (Å²) in [5.41, 5.74) is -0.450. The first-order valence-electron chi connectivity index (χ1n) is 9.86. The highest BCUT2D eigenvalue weighted by molar-refractivity contribution is 5.93. The van der Waals surface area contributed by atoms with Crippen LogP contribution in [-0.4, -0.2) is 33.9 Å². The molecule has 0 heterocycles. The Kier molecular flexibility index (Phi) is 9.63. The Morgan fingerprint density at radius 3 is 2.00 bits per heavy atom. The van der Waals surface area contributed by atoms with Crippen LogP contribution in [0.2, 0.25) is 0 Å².